The number of carbonyl (C=O) groups excluding carboxylic acids is 2. The summed E-state index contributed by atoms with van der Waals surface area (Å²) in [5, 5.41) is 14.6. The maximum absolute atomic E-state index is 12.4. The van der Waals surface area contributed by atoms with Gasteiger partial charge in [0.25, 0.3) is 0 Å². The van der Waals surface area contributed by atoms with Crippen molar-refractivity contribution in [2.75, 3.05) is 5.75 Å². The molecule has 2 N–H and O–H groups in total. The zero-order chi connectivity index (χ0) is 23.0. The SMILES string of the molecule is C[C@@H]1CCCC[C@@H]1n1c(SCC(=O)NC(=O)NCc2ccccc2)nnc1-c1cccnc1. The first-order chi connectivity index (χ1) is 16.1. The number of imide groups is 1. The van der Waals surface area contributed by atoms with Crippen molar-refractivity contribution in [3.05, 3.63) is 60.4 Å². The molecule has 1 fully saturated rings. The van der Waals surface area contributed by atoms with Gasteiger partial charge in [0.2, 0.25) is 5.91 Å². The Morgan fingerprint density at radius 1 is 1.09 bits per heavy atom. The number of carbonyl (C=O) groups is 2. The van der Waals surface area contributed by atoms with Crippen molar-refractivity contribution in [3.8, 4) is 11.4 Å². The lowest BCUT2D eigenvalue weighted by Gasteiger charge is -2.31. The molecule has 1 aliphatic carbocycles. The van der Waals surface area contributed by atoms with Crippen molar-refractivity contribution >= 4 is 23.7 Å². The number of pyridine rings is 1. The standard InChI is InChI=1S/C24H28N6O2S/c1-17-8-5-6-12-20(17)30-22(19-11-7-13-25-15-19)28-29-24(30)33-16-21(31)27-23(32)26-14-18-9-3-2-4-10-18/h2-4,7,9-11,13,15,17,20H,5-6,8,12,14,16H2,1H3,(H2,26,27,31,32)/t17-,20+/m1/s1. The monoisotopic (exact) mass is 464 g/mol. The highest BCUT2D eigenvalue weighted by molar-refractivity contribution is 7.99. The summed E-state index contributed by atoms with van der Waals surface area (Å²) in [5.41, 5.74) is 1.87. The third-order valence-electron chi connectivity index (χ3n) is 5.86. The smallest absolute Gasteiger partial charge is 0.321 e. The lowest BCUT2D eigenvalue weighted by molar-refractivity contribution is -0.117. The highest BCUT2D eigenvalue weighted by Gasteiger charge is 2.29. The van der Waals surface area contributed by atoms with Gasteiger partial charge in [-0.25, -0.2) is 4.79 Å². The Morgan fingerprint density at radius 2 is 1.91 bits per heavy atom. The van der Waals surface area contributed by atoms with E-state index in [-0.39, 0.29) is 17.7 Å². The normalized spacial score (nSPS) is 18.0. The molecule has 33 heavy (non-hydrogen) atoms. The van der Waals surface area contributed by atoms with Gasteiger partial charge in [-0.3, -0.25) is 19.7 Å². The van der Waals surface area contributed by atoms with E-state index in [0.29, 0.717) is 17.6 Å². The van der Waals surface area contributed by atoms with Crippen molar-refractivity contribution in [1.29, 1.82) is 0 Å². The van der Waals surface area contributed by atoms with E-state index in [2.05, 4.69) is 37.3 Å². The second-order valence-corrected chi connectivity index (χ2v) is 9.19. The van der Waals surface area contributed by atoms with E-state index < -0.39 is 6.03 Å². The van der Waals surface area contributed by atoms with Crippen LogP contribution in [0.3, 0.4) is 0 Å². The van der Waals surface area contributed by atoms with E-state index in [4.69, 9.17) is 0 Å². The average Bonchev–Trinajstić information content (AvgIpc) is 3.27. The molecule has 4 rings (SSSR count). The molecule has 3 amide bonds. The van der Waals surface area contributed by atoms with Crippen molar-refractivity contribution < 1.29 is 9.59 Å². The zero-order valence-corrected chi connectivity index (χ0v) is 19.4. The van der Waals surface area contributed by atoms with E-state index in [1.165, 1.54) is 18.2 Å². The van der Waals surface area contributed by atoms with Crippen LogP contribution in [0.2, 0.25) is 0 Å². The summed E-state index contributed by atoms with van der Waals surface area (Å²) in [6.45, 7) is 2.62. The lowest BCUT2D eigenvalue weighted by atomic mass is 9.85. The van der Waals surface area contributed by atoms with E-state index in [1.807, 2.05) is 42.5 Å². The van der Waals surface area contributed by atoms with Gasteiger partial charge in [-0.2, -0.15) is 0 Å². The Bertz CT molecular complexity index is 1070. The molecule has 0 radical (unpaired) electrons. The third-order valence-corrected chi connectivity index (χ3v) is 6.81. The van der Waals surface area contributed by atoms with Crippen LogP contribution in [-0.2, 0) is 11.3 Å². The average molecular weight is 465 g/mol. The fourth-order valence-corrected chi connectivity index (χ4v) is 4.95. The van der Waals surface area contributed by atoms with Gasteiger partial charge < -0.3 is 5.32 Å². The number of nitrogens with one attached hydrogen (secondary N) is 2. The van der Waals surface area contributed by atoms with E-state index in [9.17, 15) is 9.59 Å². The fourth-order valence-electron chi connectivity index (χ4n) is 4.16. The molecule has 2 aromatic heterocycles. The lowest BCUT2D eigenvalue weighted by Crippen LogP contribution is -2.40. The first kappa shape index (κ1) is 23.0. The number of aromatic nitrogens is 4. The maximum atomic E-state index is 12.4. The molecule has 0 spiro atoms. The molecule has 9 heteroatoms. The second kappa shape index (κ2) is 11.1. The highest BCUT2D eigenvalue weighted by Crippen LogP contribution is 2.38. The van der Waals surface area contributed by atoms with Crippen LogP contribution in [0.4, 0.5) is 4.79 Å². The first-order valence-corrected chi connectivity index (χ1v) is 12.2. The van der Waals surface area contributed by atoms with Crippen LogP contribution in [0.15, 0.2) is 60.0 Å². The molecule has 0 saturated heterocycles. The summed E-state index contributed by atoms with van der Waals surface area (Å²) in [6.07, 6.45) is 8.11. The molecular formula is C24H28N6O2S. The molecule has 2 heterocycles. The summed E-state index contributed by atoms with van der Waals surface area (Å²) in [6, 6.07) is 13.2. The molecule has 1 aromatic carbocycles. The van der Waals surface area contributed by atoms with Crippen molar-refractivity contribution in [3.63, 3.8) is 0 Å². The number of hydrogen-bond acceptors (Lipinski definition) is 6. The highest BCUT2D eigenvalue weighted by atomic mass is 32.2. The van der Waals surface area contributed by atoms with Crippen LogP contribution < -0.4 is 10.6 Å². The minimum absolute atomic E-state index is 0.0744. The van der Waals surface area contributed by atoms with Crippen LogP contribution >= 0.6 is 11.8 Å². The summed E-state index contributed by atoms with van der Waals surface area (Å²) < 4.78 is 2.16. The Morgan fingerprint density at radius 3 is 2.67 bits per heavy atom. The molecular weight excluding hydrogens is 436 g/mol. The molecule has 1 saturated carbocycles. The number of nitrogens with zero attached hydrogens (tertiary/aromatic N) is 4. The van der Waals surface area contributed by atoms with Crippen molar-refractivity contribution in [2.45, 2.75) is 50.4 Å². The summed E-state index contributed by atoms with van der Waals surface area (Å²) in [7, 11) is 0. The number of benzene rings is 1. The number of urea groups is 1. The third kappa shape index (κ3) is 5.98. The Kier molecular flexibility index (Phi) is 7.72. The molecule has 0 bridgehead atoms. The van der Waals surface area contributed by atoms with Gasteiger partial charge in [-0.1, -0.05) is 61.9 Å². The van der Waals surface area contributed by atoms with Gasteiger partial charge in [0.05, 0.1) is 5.75 Å². The summed E-state index contributed by atoms with van der Waals surface area (Å²) in [5.74, 6) is 0.956. The Labute approximate surface area is 197 Å². The summed E-state index contributed by atoms with van der Waals surface area (Å²) >= 11 is 1.30. The minimum Gasteiger partial charge on any atom is -0.334 e. The van der Waals surface area contributed by atoms with Crippen LogP contribution in [0.25, 0.3) is 11.4 Å². The molecule has 3 aromatic rings. The van der Waals surface area contributed by atoms with Gasteiger partial charge in [0.1, 0.15) is 0 Å². The number of rotatable bonds is 7. The van der Waals surface area contributed by atoms with Crippen LogP contribution in [0.5, 0.6) is 0 Å². The predicted molar refractivity (Wildman–Crippen MR) is 127 cm³/mol. The fraction of sp³-hybridized carbons (Fsp3) is 0.375. The van der Waals surface area contributed by atoms with E-state index in [0.717, 1.165) is 36.2 Å². The molecule has 0 aliphatic heterocycles. The van der Waals surface area contributed by atoms with Crippen LogP contribution in [0.1, 0.15) is 44.2 Å². The first-order valence-electron chi connectivity index (χ1n) is 11.2. The Balaban J connectivity index is 1.41. The van der Waals surface area contributed by atoms with Gasteiger partial charge in [-0.15, -0.1) is 10.2 Å². The Hall–Kier alpha value is -3.20. The van der Waals surface area contributed by atoms with Crippen molar-refractivity contribution in [1.82, 2.24) is 30.4 Å². The van der Waals surface area contributed by atoms with Crippen molar-refractivity contribution in [2.24, 2.45) is 5.92 Å². The van der Waals surface area contributed by atoms with Crippen LogP contribution in [-0.4, -0.2) is 37.4 Å². The quantitative estimate of drug-likeness (QED) is 0.508. The molecule has 8 nitrogen and oxygen atoms in total. The van der Waals surface area contributed by atoms with Gasteiger partial charge in [-0.05, 0) is 36.5 Å². The van der Waals surface area contributed by atoms with Crippen LogP contribution in [0, 0.1) is 5.92 Å². The predicted octanol–water partition coefficient (Wildman–Crippen LogP) is 4.21. The minimum atomic E-state index is -0.511. The van der Waals surface area contributed by atoms with E-state index in [1.54, 1.807) is 12.4 Å². The number of hydrogen-bond donors (Lipinski definition) is 2. The summed E-state index contributed by atoms with van der Waals surface area (Å²) in [4.78, 5) is 28.7. The number of thioether (sulfide) groups is 1. The number of amides is 3. The molecule has 1 aliphatic rings. The molecule has 172 valence electrons. The topological polar surface area (TPSA) is 102 Å². The van der Waals surface area contributed by atoms with Gasteiger partial charge in [0.15, 0.2) is 11.0 Å². The maximum Gasteiger partial charge on any atom is 0.321 e. The van der Waals surface area contributed by atoms with Gasteiger partial charge in [0, 0.05) is 30.5 Å². The largest absolute Gasteiger partial charge is 0.334 e. The second-order valence-electron chi connectivity index (χ2n) is 8.25. The van der Waals surface area contributed by atoms with Gasteiger partial charge >= 0.3 is 6.03 Å². The molecule has 2 atom stereocenters. The van der Waals surface area contributed by atoms with E-state index >= 15 is 0 Å². The molecule has 0 unspecified atom stereocenters. The zero-order valence-electron chi connectivity index (χ0n) is 18.6.